The first-order valence-electron chi connectivity index (χ1n) is 5.84. The summed E-state index contributed by atoms with van der Waals surface area (Å²) in [6, 6.07) is 3.17. The summed E-state index contributed by atoms with van der Waals surface area (Å²) in [6.45, 7) is 1.07. The minimum atomic E-state index is -1.44. The van der Waals surface area contributed by atoms with Crippen LogP contribution >= 0.6 is 0 Å². The highest BCUT2D eigenvalue weighted by atomic mass is 19.1. The number of carbonyl (C=O) groups is 2. The molecular weight excluding hydrogens is 269 g/mol. The molecule has 1 amide bonds. The molecule has 0 saturated heterocycles. The molecule has 1 aromatic carbocycles. The van der Waals surface area contributed by atoms with Gasteiger partial charge in [-0.05, 0) is 23.8 Å². The molecule has 0 spiro atoms. The predicted octanol–water partition coefficient (Wildman–Crippen LogP) is 0.143. The lowest BCUT2D eigenvalue weighted by molar-refractivity contribution is -0.119. The first kappa shape index (κ1) is 16.1. The van der Waals surface area contributed by atoms with Gasteiger partial charge in [0.1, 0.15) is 18.0 Å². The van der Waals surface area contributed by atoms with E-state index in [0.29, 0.717) is 0 Å². The molecule has 0 bridgehead atoms. The third-order valence-electron chi connectivity index (χ3n) is 2.61. The van der Waals surface area contributed by atoms with Gasteiger partial charge in [-0.1, -0.05) is 0 Å². The fraction of sp³-hybridized carbons (Fsp3) is 0.385. The number of halogens is 1. The van der Waals surface area contributed by atoms with E-state index in [-0.39, 0.29) is 23.6 Å². The molecule has 2 atom stereocenters. The molecule has 0 aliphatic heterocycles. The zero-order valence-corrected chi connectivity index (χ0v) is 11.1. The minimum Gasteiger partial charge on any atom is -0.465 e. The maximum absolute atomic E-state index is 13.4. The highest BCUT2D eigenvalue weighted by Gasteiger charge is 2.21. The summed E-state index contributed by atoms with van der Waals surface area (Å²) >= 11 is 0. The summed E-state index contributed by atoms with van der Waals surface area (Å²) < 4.78 is 17.9. The SMILES string of the molecule is COC(=O)c1cc(F)cc(C(O)C(O)CNC(C)=O)c1. The number of nitrogens with one attached hydrogen (secondary N) is 1. The maximum Gasteiger partial charge on any atom is 0.337 e. The predicted molar refractivity (Wildman–Crippen MR) is 67.4 cm³/mol. The van der Waals surface area contributed by atoms with Crippen LogP contribution in [0, 0.1) is 5.82 Å². The Morgan fingerprint density at radius 1 is 1.35 bits per heavy atom. The van der Waals surface area contributed by atoms with E-state index in [2.05, 4.69) is 10.1 Å². The number of hydrogen-bond donors (Lipinski definition) is 3. The number of rotatable bonds is 5. The first-order valence-corrected chi connectivity index (χ1v) is 5.84. The van der Waals surface area contributed by atoms with E-state index in [0.717, 1.165) is 19.2 Å². The highest BCUT2D eigenvalue weighted by molar-refractivity contribution is 5.89. The van der Waals surface area contributed by atoms with E-state index in [1.807, 2.05) is 0 Å². The molecule has 0 aliphatic rings. The number of hydrogen-bond acceptors (Lipinski definition) is 5. The van der Waals surface area contributed by atoms with E-state index in [9.17, 15) is 24.2 Å². The van der Waals surface area contributed by atoms with Crippen molar-refractivity contribution in [3.8, 4) is 0 Å². The molecule has 0 saturated carbocycles. The lowest BCUT2D eigenvalue weighted by atomic mass is 10.0. The molecule has 0 heterocycles. The van der Waals surface area contributed by atoms with Crippen LogP contribution in [0.4, 0.5) is 4.39 Å². The van der Waals surface area contributed by atoms with Crippen LogP contribution < -0.4 is 5.32 Å². The summed E-state index contributed by atoms with van der Waals surface area (Å²) in [5.74, 6) is -1.87. The Morgan fingerprint density at radius 2 is 2.00 bits per heavy atom. The molecule has 0 fully saturated rings. The van der Waals surface area contributed by atoms with Crippen LogP contribution in [0.1, 0.15) is 28.9 Å². The second-order valence-corrected chi connectivity index (χ2v) is 4.21. The van der Waals surface area contributed by atoms with Crippen LogP contribution in [-0.2, 0) is 9.53 Å². The number of benzene rings is 1. The second kappa shape index (κ2) is 6.97. The van der Waals surface area contributed by atoms with Gasteiger partial charge in [-0.2, -0.15) is 0 Å². The van der Waals surface area contributed by atoms with Crippen molar-refractivity contribution in [2.45, 2.75) is 19.1 Å². The third kappa shape index (κ3) is 4.29. The monoisotopic (exact) mass is 285 g/mol. The number of carbonyl (C=O) groups excluding carboxylic acids is 2. The van der Waals surface area contributed by atoms with Crippen LogP contribution in [0.5, 0.6) is 0 Å². The van der Waals surface area contributed by atoms with Crippen LogP contribution in [0.25, 0.3) is 0 Å². The van der Waals surface area contributed by atoms with Gasteiger partial charge in [-0.3, -0.25) is 4.79 Å². The Balaban J connectivity index is 2.91. The van der Waals surface area contributed by atoms with Gasteiger partial charge in [0.15, 0.2) is 0 Å². The normalized spacial score (nSPS) is 13.4. The fourth-order valence-corrected chi connectivity index (χ4v) is 1.60. The van der Waals surface area contributed by atoms with Crippen LogP contribution in [-0.4, -0.2) is 41.8 Å². The maximum atomic E-state index is 13.4. The standard InChI is InChI=1S/C13H16FNO5/c1-7(16)15-6-11(17)12(18)8-3-9(13(19)20-2)5-10(14)4-8/h3-5,11-12,17-18H,6H2,1-2H3,(H,15,16). The van der Waals surface area contributed by atoms with E-state index in [1.54, 1.807) is 0 Å². The Kier molecular flexibility index (Phi) is 5.60. The van der Waals surface area contributed by atoms with Gasteiger partial charge in [-0.15, -0.1) is 0 Å². The van der Waals surface area contributed by atoms with Gasteiger partial charge in [-0.25, -0.2) is 9.18 Å². The molecule has 0 radical (unpaired) electrons. The van der Waals surface area contributed by atoms with Crippen molar-refractivity contribution in [1.29, 1.82) is 0 Å². The number of methoxy groups -OCH3 is 1. The van der Waals surface area contributed by atoms with Crippen molar-refractivity contribution in [3.05, 3.63) is 35.1 Å². The highest BCUT2D eigenvalue weighted by Crippen LogP contribution is 2.20. The average Bonchev–Trinajstić information content (AvgIpc) is 2.42. The lowest BCUT2D eigenvalue weighted by Gasteiger charge is -2.19. The number of ether oxygens (including phenoxy) is 1. The molecule has 6 nitrogen and oxygen atoms in total. The fourth-order valence-electron chi connectivity index (χ4n) is 1.60. The minimum absolute atomic E-state index is 0.0169. The molecule has 110 valence electrons. The molecule has 3 N–H and O–H groups in total. The quantitative estimate of drug-likeness (QED) is 0.669. The van der Waals surface area contributed by atoms with Crippen molar-refractivity contribution in [2.75, 3.05) is 13.7 Å². The molecular formula is C13H16FNO5. The van der Waals surface area contributed by atoms with Crippen LogP contribution in [0.2, 0.25) is 0 Å². The van der Waals surface area contributed by atoms with Crippen molar-refractivity contribution in [3.63, 3.8) is 0 Å². The lowest BCUT2D eigenvalue weighted by Crippen LogP contribution is -2.34. The summed E-state index contributed by atoms with van der Waals surface area (Å²) in [4.78, 5) is 22.1. The molecule has 20 heavy (non-hydrogen) atoms. The summed E-state index contributed by atoms with van der Waals surface area (Å²) in [5.41, 5.74) is -0.0588. The number of amides is 1. The van der Waals surface area contributed by atoms with E-state index < -0.39 is 24.0 Å². The Morgan fingerprint density at radius 3 is 2.55 bits per heavy atom. The van der Waals surface area contributed by atoms with Crippen molar-refractivity contribution < 1.29 is 28.9 Å². The van der Waals surface area contributed by atoms with Gasteiger partial charge in [0, 0.05) is 13.5 Å². The molecule has 7 heteroatoms. The van der Waals surface area contributed by atoms with Gasteiger partial charge in [0.05, 0.1) is 12.7 Å². The Labute approximate surface area is 115 Å². The summed E-state index contributed by atoms with van der Waals surface area (Å²) in [6.07, 6.45) is -2.77. The average molecular weight is 285 g/mol. The summed E-state index contributed by atoms with van der Waals surface area (Å²) in [7, 11) is 1.15. The molecule has 2 unspecified atom stereocenters. The van der Waals surface area contributed by atoms with Gasteiger partial charge >= 0.3 is 5.97 Å². The van der Waals surface area contributed by atoms with Crippen molar-refractivity contribution in [2.24, 2.45) is 0 Å². The topological polar surface area (TPSA) is 95.9 Å². The zero-order valence-electron chi connectivity index (χ0n) is 11.1. The number of aliphatic hydroxyl groups excluding tert-OH is 2. The van der Waals surface area contributed by atoms with Crippen LogP contribution in [0.3, 0.4) is 0 Å². The first-order chi connectivity index (χ1) is 9.35. The summed E-state index contributed by atoms with van der Waals surface area (Å²) in [5, 5.41) is 21.9. The third-order valence-corrected chi connectivity index (χ3v) is 2.61. The van der Waals surface area contributed by atoms with Gasteiger partial charge in [0.2, 0.25) is 5.91 Å². The van der Waals surface area contributed by atoms with Crippen LogP contribution in [0.15, 0.2) is 18.2 Å². The molecule has 1 rings (SSSR count). The van der Waals surface area contributed by atoms with E-state index >= 15 is 0 Å². The number of aliphatic hydroxyl groups is 2. The van der Waals surface area contributed by atoms with Crippen molar-refractivity contribution in [1.82, 2.24) is 5.32 Å². The largest absolute Gasteiger partial charge is 0.465 e. The molecule has 0 aromatic heterocycles. The van der Waals surface area contributed by atoms with Crippen molar-refractivity contribution >= 4 is 11.9 Å². The van der Waals surface area contributed by atoms with Gasteiger partial charge < -0.3 is 20.3 Å². The molecule has 0 aliphatic carbocycles. The Bertz CT molecular complexity index is 506. The number of esters is 1. The second-order valence-electron chi connectivity index (χ2n) is 4.21. The van der Waals surface area contributed by atoms with E-state index in [1.165, 1.54) is 13.0 Å². The molecule has 1 aromatic rings. The van der Waals surface area contributed by atoms with E-state index in [4.69, 9.17) is 0 Å². The van der Waals surface area contributed by atoms with Gasteiger partial charge in [0.25, 0.3) is 0 Å². The zero-order chi connectivity index (χ0) is 15.3. The Hall–Kier alpha value is -1.99. The smallest absolute Gasteiger partial charge is 0.337 e.